The number of aromatic nitrogens is 2. The average molecular weight is 285 g/mol. The summed E-state index contributed by atoms with van der Waals surface area (Å²) in [6, 6.07) is 1.37. The fraction of sp³-hybridized carbons (Fsp3) is 0.308. The number of nitrogens with zero attached hydrogens (tertiary/aromatic N) is 2. The van der Waals surface area contributed by atoms with Crippen molar-refractivity contribution in [3.63, 3.8) is 0 Å². The molecule has 1 heterocycles. The maximum absolute atomic E-state index is 13.6. The molecule has 7 heteroatoms. The van der Waals surface area contributed by atoms with Crippen LogP contribution in [0.15, 0.2) is 18.3 Å². The summed E-state index contributed by atoms with van der Waals surface area (Å²) < 4.78 is 46.5. The number of ether oxygens (including phenoxy) is 1. The van der Waals surface area contributed by atoms with E-state index in [0.717, 1.165) is 6.07 Å². The SMILES string of the molecule is COCCn1cc(C)nc1Nc1cc(F)cc(F)c1F. The molecule has 2 rings (SSSR count). The van der Waals surface area contributed by atoms with Gasteiger partial charge in [0, 0.05) is 32.0 Å². The molecule has 0 atom stereocenters. The Morgan fingerprint density at radius 1 is 1.30 bits per heavy atom. The van der Waals surface area contributed by atoms with Crippen LogP contribution in [0.3, 0.4) is 0 Å². The first-order chi connectivity index (χ1) is 9.51. The van der Waals surface area contributed by atoms with Gasteiger partial charge in [0.05, 0.1) is 18.0 Å². The predicted octanol–water partition coefficient (Wildman–Crippen LogP) is 3.00. The van der Waals surface area contributed by atoms with E-state index in [9.17, 15) is 13.2 Å². The van der Waals surface area contributed by atoms with E-state index in [1.165, 1.54) is 0 Å². The maximum atomic E-state index is 13.6. The van der Waals surface area contributed by atoms with Crippen LogP contribution < -0.4 is 5.32 Å². The van der Waals surface area contributed by atoms with E-state index in [-0.39, 0.29) is 5.69 Å². The van der Waals surface area contributed by atoms with Gasteiger partial charge in [0.25, 0.3) is 0 Å². The smallest absolute Gasteiger partial charge is 0.207 e. The molecule has 0 radical (unpaired) electrons. The van der Waals surface area contributed by atoms with Crippen molar-refractivity contribution in [2.45, 2.75) is 13.5 Å². The monoisotopic (exact) mass is 285 g/mol. The summed E-state index contributed by atoms with van der Waals surface area (Å²) in [5, 5.41) is 2.59. The van der Waals surface area contributed by atoms with E-state index in [0.29, 0.717) is 30.9 Å². The standard InChI is InChI=1S/C13H14F3N3O/c1-8-7-19(3-4-20-2)13(17-8)18-11-6-9(14)5-10(15)12(11)16/h5-7H,3-4H2,1-2H3,(H,17,18). The summed E-state index contributed by atoms with van der Waals surface area (Å²) in [7, 11) is 1.55. The first-order valence-corrected chi connectivity index (χ1v) is 5.95. The molecule has 0 amide bonds. The molecule has 1 N–H and O–H groups in total. The van der Waals surface area contributed by atoms with Crippen molar-refractivity contribution in [1.29, 1.82) is 0 Å². The number of halogens is 3. The third-order valence-corrected chi connectivity index (χ3v) is 2.67. The van der Waals surface area contributed by atoms with Gasteiger partial charge < -0.3 is 14.6 Å². The minimum atomic E-state index is -1.25. The predicted molar refractivity (Wildman–Crippen MR) is 68.4 cm³/mol. The Morgan fingerprint density at radius 3 is 2.75 bits per heavy atom. The third-order valence-electron chi connectivity index (χ3n) is 2.67. The van der Waals surface area contributed by atoms with Gasteiger partial charge in [-0.3, -0.25) is 0 Å². The zero-order valence-electron chi connectivity index (χ0n) is 11.1. The van der Waals surface area contributed by atoms with Crippen LogP contribution in [0.1, 0.15) is 5.69 Å². The lowest BCUT2D eigenvalue weighted by Crippen LogP contribution is -2.08. The van der Waals surface area contributed by atoms with Crippen molar-refractivity contribution in [3.05, 3.63) is 41.5 Å². The minimum Gasteiger partial charge on any atom is -0.383 e. The molecule has 0 unspecified atom stereocenters. The second kappa shape index (κ2) is 5.96. The van der Waals surface area contributed by atoms with Crippen molar-refractivity contribution < 1.29 is 17.9 Å². The molecule has 20 heavy (non-hydrogen) atoms. The molecule has 108 valence electrons. The van der Waals surface area contributed by atoms with Gasteiger partial charge in [0.15, 0.2) is 11.6 Å². The van der Waals surface area contributed by atoms with Crippen molar-refractivity contribution in [2.75, 3.05) is 19.0 Å². The zero-order chi connectivity index (χ0) is 14.7. The molecule has 1 aromatic heterocycles. The molecule has 0 aliphatic heterocycles. The van der Waals surface area contributed by atoms with Crippen molar-refractivity contribution in [3.8, 4) is 0 Å². The molecule has 0 aliphatic rings. The lowest BCUT2D eigenvalue weighted by atomic mass is 10.3. The Balaban J connectivity index is 2.30. The van der Waals surface area contributed by atoms with Gasteiger partial charge in [0.1, 0.15) is 5.82 Å². The summed E-state index contributed by atoms with van der Waals surface area (Å²) >= 11 is 0. The minimum absolute atomic E-state index is 0.295. The largest absolute Gasteiger partial charge is 0.383 e. The summed E-state index contributed by atoms with van der Waals surface area (Å²) in [6.45, 7) is 2.68. The molecule has 0 saturated carbocycles. The van der Waals surface area contributed by atoms with Gasteiger partial charge in [-0.1, -0.05) is 0 Å². The van der Waals surface area contributed by atoms with E-state index in [4.69, 9.17) is 4.74 Å². The van der Waals surface area contributed by atoms with Gasteiger partial charge >= 0.3 is 0 Å². The molecule has 0 aliphatic carbocycles. The number of rotatable bonds is 5. The van der Waals surface area contributed by atoms with Crippen LogP contribution >= 0.6 is 0 Å². The molecule has 0 spiro atoms. The fourth-order valence-electron chi connectivity index (χ4n) is 1.77. The van der Waals surface area contributed by atoms with Gasteiger partial charge in [-0.2, -0.15) is 0 Å². The lowest BCUT2D eigenvalue weighted by Gasteiger charge is -2.10. The molecular formula is C13H14F3N3O. The number of methoxy groups -OCH3 is 1. The molecule has 4 nitrogen and oxygen atoms in total. The van der Waals surface area contributed by atoms with Crippen molar-refractivity contribution in [1.82, 2.24) is 9.55 Å². The van der Waals surface area contributed by atoms with Crippen LogP contribution in [0, 0.1) is 24.4 Å². The molecule has 2 aromatic rings. The Kier molecular flexibility index (Phi) is 4.29. The molecular weight excluding hydrogens is 271 g/mol. The fourth-order valence-corrected chi connectivity index (χ4v) is 1.77. The van der Waals surface area contributed by atoms with Crippen LogP contribution in [0.5, 0.6) is 0 Å². The van der Waals surface area contributed by atoms with Crippen LogP contribution in [0.2, 0.25) is 0 Å². The second-order valence-electron chi connectivity index (χ2n) is 4.27. The highest BCUT2D eigenvalue weighted by molar-refractivity contribution is 5.55. The Hall–Kier alpha value is -2.02. The Labute approximate surface area is 114 Å². The van der Waals surface area contributed by atoms with Crippen LogP contribution in [-0.4, -0.2) is 23.3 Å². The van der Waals surface area contributed by atoms with Gasteiger partial charge in [-0.05, 0) is 6.92 Å². The highest BCUT2D eigenvalue weighted by Crippen LogP contribution is 2.23. The number of nitrogens with one attached hydrogen (secondary N) is 1. The Bertz CT molecular complexity index is 613. The third kappa shape index (κ3) is 3.11. The second-order valence-corrected chi connectivity index (χ2v) is 4.27. The zero-order valence-corrected chi connectivity index (χ0v) is 11.1. The quantitative estimate of drug-likeness (QED) is 0.858. The molecule has 0 saturated heterocycles. The van der Waals surface area contributed by atoms with E-state index >= 15 is 0 Å². The highest BCUT2D eigenvalue weighted by atomic mass is 19.2. The number of imidazole rings is 1. The number of hydrogen-bond acceptors (Lipinski definition) is 3. The summed E-state index contributed by atoms with van der Waals surface area (Å²) in [5.74, 6) is -2.97. The van der Waals surface area contributed by atoms with Crippen molar-refractivity contribution >= 4 is 11.6 Å². The van der Waals surface area contributed by atoms with Gasteiger partial charge in [0.2, 0.25) is 5.95 Å². The van der Waals surface area contributed by atoms with E-state index in [1.807, 2.05) is 0 Å². The highest BCUT2D eigenvalue weighted by Gasteiger charge is 2.14. The van der Waals surface area contributed by atoms with Gasteiger partial charge in [-0.25, -0.2) is 18.2 Å². The van der Waals surface area contributed by atoms with E-state index in [1.54, 1.807) is 24.8 Å². The molecule has 0 bridgehead atoms. The average Bonchev–Trinajstić information content (AvgIpc) is 2.73. The number of benzene rings is 1. The Morgan fingerprint density at radius 2 is 2.05 bits per heavy atom. The van der Waals surface area contributed by atoms with Crippen LogP contribution in [-0.2, 0) is 11.3 Å². The topological polar surface area (TPSA) is 39.1 Å². The number of hydrogen-bond donors (Lipinski definition) is 1. The summed E-state index contributed by atoms with van der Waals surface area (Å²) in [6.07, 6.45) is 1.73. The van der Waals surface area contributed by atoms with Gasteiger partial charge in [-0.15, -0.1) is 0 Å². The first-order valence-electron chi connectivity index (χ1n) is 5.95. The van der Waals surface area contributed by atoms with Crippen LogP contribution in [0.4, 0.5) is 24.8 Å². The van der Waals surface area contributed by atoms with Crippen LogP contribution in [0.25, 0.3) is 0 Å². The maximum Gasteiger partial charge on any atom is 0.207 e. The molecule has 0 fully saturated rings. The van der Waals surface area contributed by atoms with E-state index < -0.39 is 17.5 Å². The molecule has 1 aromatic carbocycles. The van der Waals surface area contributed by atoms with E-state index in [2.05, 4.69) is 10.3 Å². The normalized spacial score (nSPS) is 10.8. The number of anilines is 2. The summed E-state index contributed by atoms with van der Waals surface area (Å²) in [5.41, 5.74) is 0.396. The van der Waals surface area contributed by atoms with Crippen molar-refractivity contribution in [2.24, 2.45) is 0 Å². The number of aryl methyl sites for hydroxylation is 1. The lowest BCUT2D eigenvalue weighted by molar-refractivity contribution is 0.188. The first kappa shape index (κ1) is 14.4. The summed E-state index contributed by atoms with van der Waals surface area (Å²) in [4.78, 5) is 4.14.